The average Bonchev–Trinajstić information content (AvgIpc) is 3.17. The van der Waals surface area contributed by atoms with E-state index in [-0.39, 0.29) is 11.9 Å². The van der Waals surface area contributed by atoms with Crippen molar-refractivity contribution in [1.82, 2.24) is 19.8 Å². The molecule has 1 fully saturated rings. The van der Waals surface area contributed by atoms with Gasteiger partial charge in [0.2, 0.25) is 0 Å². The summed E-state index contributed by atoms with van der Waals surface area (Å²) in [5, 5.41) is 10.2. The molecule has 3 heterocycles. The van der Waals surface area contributed by atoms with Crippen LogP contribution in [0, 0.1) is 6.92 Å². The lowest BCUT2D eigenvalue weighted by Gasteiger charge is -2.33. The number of fused-ring (bicyclic) bond motifs is 1. The lowest BCUT2D eigenvalue weighted by molar-refractivity contribution is 0.0731. The fourth-order valence-electron chi connectivity index (χ4n) is 4.13. The molecule has 0 spiro atoms. The maximum atomic E-state index is 12.9. The molecular weight excluding hydrogens is 380 g/mol. The first-order chi connectivity index (χ1) is 13.4. The number of likely N-dealkylation sites (tertiary alicyclic amines) is 1. The number of hydrogen-bond donors (Lipinski definition) is 1. The van der Waals surface area contributed by atoms with Crippen LogP contribution in [0.5, 0.6) is 0 Å². The number of carbonyl (C=O) groups is 2. The van der Waals surface area contributed by atoms with Crippen molar-refractivity contribution in [3.8, 4) is 0 Å². The predicted octanol–water partition coefficient (Wildman–Crippen LogP) is 3.45. The van der Waals surface area contributed by atoms with E-state index in [1.54, 1.807) is 24.2 Å². The molecule has 2 aliphatic rings. The molecule has 2 aliphatic heterocycles. The molecule has 0 saturated carbocycles. The largest absolute Gasteiger partial charge is 0.465 e. The monoisotopic (exact) mass is 400 g/mol. The van der Waals surface area contributed by atoms with E-state index in [0.29, 0.717) is 42.5 Å². The highest BCUT2D eigenvalue weighted by atomic mass is 35.5. The molecule has 4 rings (SSSR count). The Morgan fingerprint density at radius 3 is 2.68 bits per heavy atom. The molecule has 146 valence electrons. The van der Waals surface area contributed by atoms with Gasteiger partial charge in [-0.1, -0.05) is 11.6 Å². The van der Waals surface area contributed by atoms with Gasteiger partial charge in [0.15, 0.2) is 0 Å². The van der Waals surface area contributed by atoms with E-state index in [4.69, 9.17) is 11.6 Å². The third kappa shape index (κ3) is 3.42. The summed E-state index contributed by atoms with van der Waals surface area (Å²) in [4.78, 5) is 36.0. The molecule has 0 bridgehead atoms. The Morgan fingerprint density at radius 2 is 1.96 bits per heavy atom. The first-order valence-electron chi connectivity index (χ1n) is 9.32. The van der Waals surface area contributed by atoms with E-state index in [9.17, 15) is 14.7 Å². The summed E-state index contributed by atoms with van der Waals surface area (Å²) in [6.07, 6.45) is 4.44. The topological polar surface area (TPSA) is 86.6 Å². The van der Waals surface area contributed by atoms with E-state index in [1.807, 2.05) is 12.1 Å². The molecule has 1 aromatic carbocycles. The summed E-state index contributed by atoms with van der Waals surface area (Å²) < 4.78 is 0. The number of carbonyl (C=O) groups excluding carboxylic acids is 1. The van der Waals surface area contributed by atoms with Gasteiger partial charge in [-0.3, -0.25) is 4.79 Å². The minimum atomic E-state index is -0.920. The van der Waals surface area contributed by atoms with Crippen LogP contribution in [0.25, 0.3) is 0 Å². The lowest BCUT2D eigenvalue weighted by Crippen LogP contribution is -2.37. The molecule has 2 amide bonds. The first-order valence-corrected chi connectivity index (χ1v) is 9.70. The van der Waals surface area contributed by atoms with Crippen molar-refractivity contribution in [3.05, 3.63) is 57.6 Å². The number of rotatable bonds is 2. The second-order valence-corrected chi connectivity index (χ2v) is 7.70. The van der Waals surface area contributed by atoms with Crippen molar-refractivity contribution in [2.45, 2.75) is 38.8 Å². The smallest absolute Gasteiger partial charge is 0.407 e. The van der Waals surface area contributed by atoms with E-state index in [0.717, 1.165) is 29.5 Å². The number of aromatic nitrogens is 2. The number of benzene rings is 1. The van der Waals surface area contributed by atoms with Crippen molar-refractivity contribution in [2.24, 2.45) is 0 Å². The standard InChI is InChI=1S/C20H21ClN4O3/c1-12-22-9-14(10-23-12)19(26)24-6-4-13-7-15(21)8-16(17(13)11-24)18-3-2-5-25(18)20(27)28/h7-10,18H,2-6,11H2,1H3,(H,27,28)/t18-/m0/s1. The zero-order valence-corrected chi connectivity index (χ0v) is 16.3. The van der Waals surface area contributed by atoms with Gasteiger partial charge in [-0.25, -0.2) is 14.8 Å². The van der Waals surface area contributed by atoms with Gasteiger partial charge < -0.3 is 14.9 Å². The molecule has 0 unspecified atom stereocenters. The zero-order chi connectivity index (χ0) is 19.8. The number of aryl methyl sites for hydroxylation is 1. The molecule has 1 atom stereocenters. The van der Waals surface area contributed by atoms with Gasteiger partial charge in [0, 0.05) is 37.1 Å². The van der Waals surface area contributed by atoms with Crippen LogP contribution in [0.4, 0.5) is 4.79 Å². The van der Waals surface area contributed by atoms with E-state index in [2.05, 4.69) is 9.97 Å². The summed E-state index contributed by atoms with van der Waals surface area (Å²) in [5.74, 6) is 0.500. The number of hydrogen-bond acceptors (Lipinski definition) is 4. The van der Waals surface area contributed by atoms with Gasteiger partial charge >= 0.3 is 6.09 Å². The van der Waals surface area contributed by atoms with Crippen LogP contribution in [0.1, 0.15) is 51.8 Å². The predicted molar refractivity (Wildman–Crippen MR) is 103 cm³/mol. The van der Waals surface area contributed by atoms with Crippen molar-refractivity contribution in [3.63, 3.8) is 0 Å². The Hall–Kier alpha value is -2.67. The van der Waals surface area contributed by atoms with Gasteiger partial charge in [0.25, 0.3) is 5.91 Å². The summed E-state index contributed by atoms with van der Waals surface area (Å²) in [5.41, 5.74) is 3.47. The molecule has 7 nitrogen and oxygen atoms in total. The van der Waals surface area contributed by atoms with E-state index < -0.39 is 6.09 Å². The number of halogens is 1. The summed E-state index contributed by atoms with van der Waals surface area (Å²) >= 11 is 6.33. The van der Waals surface area contributed by atoms with Crippen molar-refractivity contribution >= 4 is 23.6 Å². The molecule has 1 saturated heterocycles. The minimum absolute atomic E-state index is 0.118. The normalized spacial score (nSPS) is 18.9. The van der Waals surface area contributed by atoms with Crippen LogP contribution < -0.4 is 0 Å². The van der Waals surface area contributed by atoms with Gasteiger partial charge in [-0.15, -0.1) is 0 Å². The summed E-state index contributed by atoms with van der Waals surface area (Å²) in [7, 11) is 0. The molecular formula is C20H21ClN4O3. The van der Waals surface area contributed by atoms with Crippen molar-refractivity contribution in [1.29, 1.82) is 0 Å². The van der Waals surface area contributed by atoms with E-state index >= 15 is 0 Å². The number of nitrogens with zero attached hydrogens (tertiary/aromatic N) is 4. The SMILES string of the molecule is Cc1ncc(C(=O)N2CCc3cc(Cl)cc([C@@H]4CCCN4C(=O)O)c3C2)cn1. The highest BCUT2D eigenvalue weighted by Crippen LogP contribution is 2.38. The highest BCUT2D eigenvalue weighted by Gasteiger charge is 2.34. The maximum Gasteiger partial charge on any atom is 0.407 e. The van der Waals surface area contributed by atoms with E-state index in [1.165, 1.54) is 4.90 Å². The maximum absolute atomic E-state index is 12.9. The fraction of sp³-hybridized carbons (Fsp3) is 0.400. The van der Waals surface area contributed by atoms with Crippen molar-refractivity contribution in [2.75, 3.05) is 13.1 Å². The zero-order valence-electron chi connectivity index (χ0n) is 15.6. The Kier molecular flexibility index (Phi) is 4.93. The fourth-order valence-corrected chi connectivity index (χ4v) is 4.38. The summed E-state index contributed by atoms with van der Waals surface area (Å²) in [6, 6.07) is 3.56. The molecule has 28 heavy (non-hydrogen) atoms. The quantitative estimate of drug-likeness (QED) is 0.834. The van der Waals surface area contributed by atoms with Crippen LogP contribution in [0.3, 0.4) is 0 Å². The molecule has 0 radical (unpaired) electrons. The van der Waals surface area contributed by atoms with Crippen LogP contribution in [0.15, 0.2) is 24.5 Å². The average molecular weight is 401 g/mol. The van der Waals surface area contributed by atoms with Crippen LogP contribution in [-0.4, -0.2) is 50.0 Å². The minimum Gasteiger partial charge on any atom is -0.465 e. The third-order valence-electron chi connectivity index (χ3n) is 5.51. The van der Waals surface area contributed by atoms with Gasteiger partial charge in [-0.05, 0) is 55.0 Å². The lowest BCUT2D eigenvalue weighted by atomic mass is 9.90. The summed E-state index contributed by atoms with van der Waals surface area (Å²) in [6.45, 7) is 3.30. The second-order valence-electron chi connectivity index (χ2n) is 7.26. The molecule has 1 N–H and O–H groups in total. The Morgan fingerprint density at radius 1 is 1.21 bits per heavy atom. The molecule has 0 aliphatic carbocycles. The molecule has 8 heteroatoms. The Bertz CT molecular complexity index is 932. The first kappa shape index (κ1) is 18.7. The molecule has 1 aromatic heterocycles. The van der Waals surface area contributed by atoms with Crippen LogP contribution in [0.2, 0.25) is 5.02 Å². The number of carboxylic acid groups (broad SMARTS) is 1. The Balaban J connectivity index is 1.66. The third-order valence-corrected chi connectivity index (χ3v) is 5.73. The molecule has 2 aromatic rings. The second kappa shape index (κ2) is 7.39. The number of amides is 2. The highest BCUT2D eigenvalue weighted by molar-refractivity contribution is 6.30. The van der Waals surface area contributed by atoms with Crippen LogP contribution in [-0.2, 0) is 13.0 Å². The van der Waals surface area contributed by atoms with Gasteiger partial charge in [0.05, 0.1) is 11.6 Å². The van der Waals surface area contributed by atoms with Gasteiger partial charge in [-0.2, -0.15) is 0 Å². The van der Waals surface area contributed by atoms with Crippen LogP contribution >= 0.6 is 11.6 Å². The van der Waals surface area contributed by atoms with Gasteiger partial charge in [0.1, 0.15) is 5.82 Å². The van der Waals surface area contributed by atoms with Crippen molar-refractivity contribution < 1.29 is 14.7 Å². The Labute approximate surface area is 168 Å².